The molecule has 0 radical (unpaired) electrons. The molecule has 0 aromatic heterocycles. The highest BCUT2D eigenvalue weighted by Gasteiger charge is 2.74. The van der Waals surface area contributed by atoms with Crippen LogP contribution in [0.1, 0.15) is 38.5 Å². The van der Waals surface area contributed by atoms with Crippen molar-refractivity contribution in [2.24, 2.45) is 23.2 Å². The van der Waals surface area contributed by atoms with E-state index in [1.807, 2.05) is 0 Å². The molecule has 3 bridgehead atoms. The molecule has 0 amide bonds. The molecule has 66 valence electrons. The Morgan fingerprint density at radius 2 is 1.75 bits per heavy atom. The molecule has 1 nitrogen and oxygen atoms in total. The molecule has 0 heterocycles. The van der Waals surface area contributed by atoms with Crippen LogP contribution in [0.2, 0.25) is 0 Å². The van der Waals surface area contributed by atoms with Crippen LogP contribution in [-0.2, 0) is 0 Å². The fourth-order valence-corrected chi connectivity index (χ4v) is 5.33. The Kier molecular flexibility index (Phi) is 0.800. The largest absolute Gasteiger partial charge is 0.389 e. The number of hydrogen-bond donors (Lipinski definition) is 1. The van der Waals surface area contributed by atoms with Gasteiger partial charge < -0.3 is 5.11 Å². The average molecular weight is 164 g/mol. The van der Waals surface area contributed by atoms with Crippen molar-refractivity contribution in [3.05, 3.63) is 0 Å². The van der Waals surface area contributed by atoms with Gasteiger partial charge in [-0.2, -0.15) is 0 Å². The van der Waals surface area contributed by atoms with Crippen molar-refractivity contribution in [3.63, 3.8) is 0 Å². The predicted molar refractivity (Wildman–Crippen MR) is 45.6 cm³/mol. The maximum absolute atomic E-state index is 10.4. The number of hydrogen-bond acceptors (Lipinski definition) is 1. The van der Waals surface area contributed by atoms with Crippen molar-refractivity contribution >= 4 is 0 Å². The lowest BCUT2D eigenvalue weighted by atomic mass is 9.53. The summed E-state index contributed by atoms with van der Waals surface area (Å²) < 4.78 is 0. The van der Waals surface area contributed by atoms with Crippen LogP contribution >= 0.6 is 0 Å². The van der Waals surface area contributed by atoms with E-state index in [0.29, 0.717) is 5.41 Å². The van der Waals surface area contributed by atoms with Gasteiger partial charge in [-0.25, -0.2) is 0 Å². The fraction of sp³-hybridized carbons (Fsp3) is 1.00. The van der Waals surface area contributed by atoms with Crippen LogP contribution in [0.15, 0.2) is 0 Å². The second kappa shape index (κ2) is 1.50. The van der Waals surface area contributed by atoms with Crippen LogP contribution in [0, 0.1) is 23.2 Å². The third-order valence-electron chi connectivity index (χ3n) is 5.51. The van der Waals surface area contributed by atoms with Gasteiger partial charge in [0.2, 0.25) is 0 Å². The van der Waals surface area contributed by atoms with Gasteiger partial charge in [-0.3, -0.25) is 0 Å². The Morgan fingerprint density at radius 3 is 2.67 bits per heavy atom. The molecule has 4 aliphatic rings. The smallest absolute Gasteiger partial charge is 0.0712 e. The molecule has 0 aromatic rings. The lowest BCUT2D eigenvalue weighted by Gasteiger charge is -2.55. The maximum Gasteiger partial charge on any atom is 0.0712 e. The zero-order valence-electron chi connectivity index (χ0n) is 7.42. The summed E-state index contributed by atoms with van der Waals surface area (Å²) in [6.07, 6.45) is 7.97. The Labute approximate surface area is 73.2 Å². The second-order valence-corrected chi connectivity index (χ2v) is 5.90. The van der Waals surface area contributed by atoms with E-state index < -0.39 is 0 Å². The van der Waals surface area contributed by atoms with Gasteiger partial charge in [0.1, 0.15) is 0 Å². The summed E-state index contributed by atoms with van der Waals surface area (Å²) in [5.41, 5.74) is 0.286. The van der Waals surface area contributed by atoms with E-state index >= 15 is 0 Å². The highest BCUT2D eigenvalue weighted by molar-refractivity contribution is 5.24. The Balaban J connectivity index is 1.91. The molecule has 5 unspecified atom stereocenters. The van der Waals surface area contributed by atoms with E-state index in [1.54, 1.807) is 0 Å². The van der Waals surface area contributed by atoms with E-state index in [0.717, 1.165) is 30.6 Å². The molecule has 0 aliphatic heterocycles. The van der Waals surface area contributed by atoms with Crippen LogP contribution in [0.4, 0.5) is 0 Å². The maximum atomic E-state index is 10.4. The van der Waals surface area contributed by atoms with Gasteiger partial charge >= 0.3 is 0 Å². The van der Waals surface area contributed by atoms with Gasteiger partial charge in [0.25, 0.3) is 0 Å². The molecule has 5 atom stereocenters. The first-order chi connectivity index (χ1) is 5.72. The Morgan fingerprint density at radius 1 is 0.917 bits per heavy atom. The van der Waals surface area contributed by atoms with Crippen LogP contribution in [0.3, 0.4) is 0 Å². The molecule has 1 spiro atoms. The summed E-state index contributed by atoms with van der Waals surface area (Å²) in [7, 11) is 0. The summed E-state index contributed by atoms with van der Waals surface area (Å²) >= 11 is 0. The molecule has 4 aliphatic carbocycles. The summed E-state index contributed by atoms with van der Waals surface area (Å²) in [4.78, 5) is 0. The quantitative estimate of drug-likeness (QED) is 0.580. The number of fused-ring (bicyclic) bond motifs is 2. The SMILES string of the molecule is OC12CC3CC4CC(C1)C2(C4)C3. The summed E-state index contributed by atoms with van der Waals surface area (Å²) in [5.74, 6) is 2.84. The molecule has 1 heteroatoms. The molecule has 0 aromatic carbocycles. The number of rotatable bonds is 0. The van der Waals surface area contributed by atoms with E-state index in [4.69, 9.17) is 0 Å². The normalized spacial score (nSPS) is 71.2. The average Bonchev–Trinajstić information content (AvgIpc) is 2.29. The minimum absolute atomic E-state index is 0.173. The van der Waals surface area contributed by atoms with Crippen molar-refractivity contribution in [2.45, 2.75) is 44.1 Å². The van der Waals surface area contributed by atoms with Crippen molar-refractivity contribution in [3.8, 4) is 0 Å². The predicted octanol–water partition coefficient (Wildman–Crippen LogP) is 1.95. The molecule has 1 N–H and O–H groups in total. The first-order valence-electron chi connectivity index (χ1n) is 5.44. The minimum atomic E-state index is -0.173. The van der Waals surface area contributed by atoms with Gasteiger partial charge in [0.05, 0.1) is 5.60 Å². The Hall–Kier alpha value is -0.0400. The van der Waals surface area contributed by atoms with Gasteiger partial charge in [-0.15, -0.1) is 0 Å². The molecule has 12 heavy (non-hydrogen) atoms. The number of aliphatic hydroxyl groups is 1. The van der Waals surface area contributed by atoms with Crippen molar-refractivity contribution in [2.75, 3.05) is 0 Å². The van der Waals surface area contributed by atoms with Crippen LogP contribution in [-0.4, -0.2) is 10.7 Å². The van der Waals surface area contributed by atoms with Crippen molar-refractivity contribution in [1.29, 1.82) is 0 Å². The van der Waals surface area contributed by atoms with Crippen molar-refractivity contribution < 1.29 is 5.11 Å². The minimum Gasteiger partial charge on any atom is -0.389 e. The molecular formula is C11H16O. The topological polar surface area (TPSA) is 20.2 Å². The van der Waals surface area contributed by atoms with Gasteiger partial charge in [-0.05, 0) is 56.3 Å². The highest BCUT2D eigenvalue weighted by Crippen LogP contribution is 2.77. The van der Waals surface area contributed by atoms with E-state index in [9.17, 15) is 5.11 Å². The third kappa shape index (κ3) is 0.433. The molecule has 0 saturated heterocycles. The molecular weight excluding hydrogens is 148 g/mol. The third-order valence-corrected chi connectivity index (χ3v) is 5.51. The zero-order chi connectivity index (χ0) is 7.97. The van der Waals surface area contributed by atoms with Crippen molar-refractivity contribution in [1.82, 2.24) is 0 Å². The van der Waals surface area contributed by atoms with Crippen LogP contribution in [0.25, 0.3) is 0 Å². The van der Waals surface area contributed by atoms with E-state index in [-0.39, 0.29) is 5.60 Å². The lowest BCUT2D eigenvalue weighted by molar-refractivity contribution is -0.176. The van der Waals surface area contributed by atoms with Crippen LogP contribution < -0.4 is 0 Å². The molecule has 4 fully saturated rings. The summed E-state index contributed by atoms with van der Waals surface area (Å²) in [6.45, 7) is 0. The van der Waals surface area contributed by atoms with Gasteiger partial charge in [-0.1, -0.05) is 0 Å². The molecule has 4 saturated carbocycles. The fourth-order valence-electron chi connectivity index (χ4n) is 5.33. The van der Waals surface area contributed by atoms with E-state index in [1.165, 1.54) is 25.7 Å². The monoisotopic (exact) mass is 164 g/mol. The Bertz CT molecular complexity index is 256. The summed E-state index contributed by atoms with van der Waals surface area (Å²) in [6, 6.07) is 0. The van der Waals surface area contributed by atoms with Crippen LogP contribution in [0.5, 0.6) is 0 Å². The second-order valence-electron chi connectivity index (χ2n) is 5.90. The lowest BCUT2D eigenvalue weighted by Crippen LogP contribution is -2.57. The summed E-state index contributed by atoms with van der Waals surface area (Å²) in [5, 5.41) is 10.4. The first kappa shape index (κ1) is 6.42. The highest BCUT2D eigenvalue weighted by atomic mass is 16.3. The first-order valence-corrected chi connectivity index (χ1v) is 5.44. The van der Waals surface area contributed by atoms with E-state index in [2.05, 4.69) is 0 Å². The zero-order valence-corrected chi connectivity index (χ0v) is 7.42. The van der Waals surface area contributed by atoms with Gasteiger partial charge in [0, 0.05) is 5.41 Å². The molecule has 4 rings (SSSR count). The standard InChI is InChI=1S/C11H16O/c12-11-5-8-1-7-2-9(6-11)10(11,3-7)4-8/h7-9,12H,1-6H2. The van der Waals surface area contributed by atoms with Gasteiger partial charge in [0.15, 0.2) is 0 Å².